The molecule has 0 bridgehead atoms. The monoisotopic (exact) mass is 329 g/mol. The number of para-hydroxylation sites is 2. The van der Waals surface area contributed by atoms with Gasteiger partial charge >= 0.3 is 6.03 Å². The zero-order valence-electron chi connectivity index (χ0n) is 13.4. The normalized spacial score (nSPS) is 13.7. The lowest BCUT2D eigenvalue weighted by Gasteiger charge is -2.13. The Bertz CT molecular complexity index is 743. The summed E-state index contributed by atoms with van der Waals surface area (Å²) in [6.07, 6.45) is 3.15. The average molecular weight is 329 g/mol. The van der Waals surface area contributed by atoms with Crippen LogP contribution in [-0.4, -0.2) is 59.9 Å². The van der Waals surface area contributed by atoms with Gasteiger partial charge in [0.15, 0.2) is 0 Å². The van der Waals surface area contributed by atoms with Crippen LogP contribution in [-0.2, 0) is 0 Å². The third kappa shape index (κ3) is 3.32. The number of nitrogens with zero attached hydrogens (tertiary/aromatic N) is 3. The van der Waals surface area contributed by atoms with Crippen molar-refractivity contribution >= 4 is 11.9 Å². The fourth-order valence-electron chi connectivity index (χ4n) is 2.52. The van der Waals surface area contributed by atoms with Crippen molar-refractivity contribution in [3.8, 4) is 11.4 Å². The Morgan fingerprint density at radius 3 is 3.00 bits per heavy atom. The Kier molecular flexibility index (Phi) is 4.64. The Morgan fingerprint density at radius 2 is 2.25 bits per heavy atom. The van der Waals surface area contributed by atoms with Gasteiger partial charge in [-0.2, -0.15) is 5.10 Å². The summed E-state index contributed by atoms with van der Waals surface area (Å²) in [6, 6.07) is 7.35. The predicted molar refractivity (Wildman–Crippen MR) is 87.4 cm³/mol. The summed E-state index contributed by atoms with van der Waals surface area (Å²) in [6.45, 7) is 2.20. The first-order chi connectivity index (χ1) is 11.7. The molecule has 8 nitrogen and oxygen atoms in total. The van der Waals surface area contributed by atoms with E-state index in [9.17, 15) is 9.59 Å². The number of amides is 3. The average Bonchev–Trinajstić information content (AvgIpc) is 3.24. The minimum Gasteiger partial charge on any atom is -0.494 e. The molecule has 24 heavy (non-hydrogen) atoms. The number of methoxy groups -OCH3 is 1. The molecule has 1 aromatic heterocycles. The minimum absolute atomic E-state index is 0.0896. The molecule has 8 heteroatoms. The van der Waals surface area contributed by atoms with Crippen LogP contribution in [0.4, 0.5) is 4.79 Å². The second-order valence-corrected chi connectivity index (χ2v) is 5.32. The van der Waals surface area contributed by atoms with Crippen LogP contribution in [0.15, 0.2) is 36.7 Å². The van der Waals surface area contributed by atoms with E-state index in [1.54, 1.807) is 22.9 Å². The van der Waals surface area contributed by atoms with Crippen LogP contribution in [0.2, 0.25) is 0 Å². The van der Waals surface area contributed by atoms with Gasteiger partial charge in [0.2, 0.25) is 0 Å². The summed E-state index contributed by atoms with van der Waals surface area (Å²) in [5.41, 5.74) is 1.21. The fraction of sp³-hybridized carbons (Fsp3) is 0.312. The van der Waals surface area contributed by atoms with Gasteiger partial charge in [-0.1, -0.05) is 12.1 Å². The van der Waals surface area contributed by atoms with Crippen LogP contribution in [0.5, 0.6) is 5.75 Å². The Balaban J connectivity index is 1.60. The number of hydrogen-bond acceptors (Lipinski definition) is 4. The molecule has 2 heterocycles. The number of nitrogens with one attached hydrogen (secondary N) is 2. The highest BCUT2D eigenvalue weighted by molar-refractivity contribution is 5.93. The van der Waals surface area contributed by atoms with E-state index in [4.69, 9.17) is 4.74 Å². The molecule has 1 aliphatic heterocycles. The van der Waals surface area contributed by atoms with E-state index in [1.165, 1.54) is 6.20 Å². The van der Waals surface area contributed by atoms with E-state index in [0.717, 1.165) is 5.69 Å². The van der Waals surface area contributed by atoms with E-state index in [2.05, 4.69) is 15.7 Å². The number of ether oxygens (including phenoxy) is 1. The topological polar surface area (TPSA) is 88.5 Å². The van der Waals surface area contributed by atoms with Gasteiger partial charge in [0.05, 0.1) is 18.9 Å². The number of hydrogen-bond donors (Lipinski definition) is 2. The summed E-state index contributed by atoms with van der Waals surface area (Å²) in [7, 11) is 1.59. The summed E-state index contributed by atoms with van der Waals surface area (Å²) >= 11 is 0. The standard InChI is InChI=1S/C16H19N5O3/c1-24-14-5-3-2-4-13(14)21-11-12(10-19-21)15(22)17-6-8-20-9-7-18-16(20)23/h2-5,10-11H,6-9H2,1H3,(H,17,22)(H,18,23). The van der Waals surface area contributed by atoms with Crippen molar-refractivity contribution in [2.75, 3.05) is 33.3 Å². The second-order valence-electron chi connectivity index (χ2n) is 5.32. The molecule has 2 aromatic rings. The van der Waals surface area contributed by atoms with Crippen LogP contribution < -0.4 is 15.4 Å². The van der Waals surface area contributed by atoms with Gasteiger partial charge in [0, 0.05) is 32.4 Å². The second kappa shape index (κ2) is 7.03. The molecular weight excluding hydrogens is 310 g/mol. The Morgan fingerprint density at radius 1 is 1.42 bits per heavy atom. The third-order valence-electron chi connectivity index (χ3n) is 3.79. The summed E-state index contributed by atoms with van der Waals surface area (Å²) < 4.78 is 6.90. The third-order valence-corrected chi connectivity index (χ3v) is 3.79. The molecule has 3 amide bonds. The summed E-state index contributed by atoms with van der Waals surface area (Å²) in [5.74, 6) is 0.448. The molecule has 1 aromatic carbocycles. The van der Waals surface area contributed by atoms with Gasteiger partial charge in [-0.15, -0.1) is 0 Å². The van der Waals surface area contributed by atoms with Crippen LogP contribution >= 0.6 is 0 Å². The highest BCUT2D eigenvalue weighted by Crippen LogP contribution is 2.21. The van der Waals surface area contributed by atoms with Gasteiger partial charge in [0.1, 0.15) is 11.4 Å². The van der Waals surface area contributed by atoms with Crippen molar-refractivity contribution in [1.29, 1.82) is 0 Å². The SMILES string of the molecule is COc1ccccc1-n1cc(C(=O)NCCN2CCNC2=O)cn1. The first-order valence-corrected chi connectivity index (χ1v) is 7.68. The summed E-state index contributed by atoms with van der Waals surface area (Å²) in [4.78, 5) is 25.3. The maximum Gasteiger partial charge on any atom is 0.317 e. The van der Waals surface area contributed by atoms with Crippen molar-refractivity contribution in [3.63, 3.8) is 0 Å². The van der Waals surface area contributed by atoms with Gasteiger partial charge in [-0.05, 0) is 12.1 Å². The van der Waals surface area contributed by atoms with Crippen molar-refractivity contribution in [3.05, 3.63) is 42.2 Å². The van der Waals surface area contributed by atoms with Crippen LogP contribution in [0, 0.1) is 0 Å². The van der Waals surface area contributed by atoms with Crippen LogP contribution in [0.1, 0.15) is 10.4 Å². The number of urea groups is 1. The van der Waals surface area contributed by atoms with Crippen LogP contribution in [0.3, 0.4) is 0 Å². The molecule has 1 saturated heterocycles. The first-order valence-electron chi connectivity index (χ1n) is 7.68. The molecule has 0 unspecified atom stereocenters. The van der Waals surface area contributed by atoms with Crippen molar-refractivity contribution in [2.24, 2.45) is 0 Å². The zero-order chi connectivity index (χ0) is 16.9. The molecule has 0 spiro atoms. The molecule has 0 atom stereocenters. The number of carbonyl (C=O) groups is 2. The largest absolute Gasteiger partial charge is 0.494 e. The number of benzene rings is 1. The first kappa shape index (κ1) is 15.9. The maximum atomic E-state index is 12.2. The van der Waals surface area contributed by atoms with E-state index >= 15 is 0 Å². The number of aromatic nitrogens is 2. The van der Waals surface area contributed by atoms with Gasteiger partial charge in [-0.3, -0.25) is 4.79 Å². The van der Waals surface area contributed by atoms with Crippen molar-refractivity contribution < 1.29 is 14.3 Å². The van der Waals surface area contributed by atoms with Gasteiger partial charge < -0.3 is 20.3 Å². The lowest BCUT2D eigenvalue weighted by atomic mass is 10.3. The van der Waals surface area contributed by atoms with Crippen molar-refractivity contribution in [1.82, 2.24) is 25.3 Å². The molecule has 126 valence electrons. The molecule has 3 rings (SSSR count). The van der Waals surface area contributed by atoms with Gasteiger partial charge in [0.25, 0.3) is 5.91 Å². The minimum atomic E-state index is -0.226. The lowest BCUT2D eigenvalue weighted by molar-refractivity contribution is 0.0950. The Hall–Kier alpha value is -3.03. The molecular formula is C16H19N5O3. The number of carbonyl (C=O) groups excluding carboxylic acids is 2. The molecule has 1 fully saturated rings. The van der Waals surface area contributed by atoms with Crippen molar-refractivity contribution in [2.45, 2.75) is 0 Å². The lowest BCUT2D eigenvalue weighted by Crippen LogP contribution is -2.36. The highest BCUT2D eigenvalue weighted by Gasteiger charge is 2.19. The van der Waals surface area contributed by atoms with E-state index < -0.39 is 0 Å². The zero-order valence-corrected chi connectivity index (χ0v) is 13.4. The van der Waals surface area contributed by atoms with Crippen LogP contribution in [0.25, 0.3) is 5.69 Å². The Labute approximate surface area is 139 Å². The smallest absolute Gasteiger partial charge is 0.317 e. The maximum absolute atomic E-state index is 12.2. The molecule has 0 radical (unpaired) electrons. The molecule has 0 aliphatic carbocycles. The van der Waals surface area contributed by atoms with E-state index in [-0.39, 0.29) is 11.9 Å². The number of rotatable bonds is 6. The fourth-order valence-corrected chi connectivity index (χ4v) is 2.52. The highest BCUT2D eigenvalue weighted by atomic mass is 16.5. The van der Waals surface area contributed by atoms with Gasteiger partial charge in [-0.25, -0.2) is 9.48 Å². The predicted octanol–water partition coefficient (Wildman–Crippen LogP) is 0.636. The quantitative estimate of drug-likeness (QED) is 0.814. The molecule has 0 saturated carbocycles. The molecule has 1 aliphatic rings. The van der Waals surface area contributed by atoms with E-state index in [0.29, 0.717) is 37.5 Å². The summed E-state index contributed by atoms with van der Waals surface area (Å²) in [5, 5.41) is 9.73. The molecule has 2 N–H and O–H groups in total. The van der Waals surface area contributed by atoms with E-state index in [1.807, 2.05) is 24.3 Å².